The fourth-order valence-electron chi connectivity index (χ4n) is 4.95. The van der Waals surface area contributed by atoms with Crippen molar-refractivity contribution in [3.8, 4) is 0 Å². The molecule has 1 aliphatic carbocycles. The first kappa shape index (κ1) is 18.9. The number of sulfonamides is 1. The molecule has 0 N–H and O–H groups in total. The van der Waals surface area contributed by atoms with Gasteiger partial charge in [-0.3, -0.25) is 4.79 Å². The standard InChI is InChI=1S/C20H28N2O4S/c23-19(21-11-13-26-14-12-21)18-15-22(16-20(18)9-5-2-6-10-20)27(24,25)17-7-3-1-4-8-17/h1,3-4,7-8,18H,2,5-6,9-16H2. The van der Waals surface area contributed by atoms with Gasteiger partial charge in [0.15, 0.2) is 0 Å². The molecule has 1 aromatic carbocycles. The third-order valence-corrected chi connectivity index (χ3v) is 8.29. The lowest BCUT2D eigenvalue weighted by molar-refractivity contribution is -0.143. The van der Waals surface area contributed by atoms with Crippen LogP contribution in [0.15, 0.2) is 35.2 Å². The van der Waals surface area contributed by atoms with E-state index >= 15 is 0 Å². The molecule has 1 atom stereocenters. The molecule has 2 saturated heterocycles. The van der Waals surface area contributed by atoms with Crippen LogP contribution in [-0.2, 0) is 19.6 Å². The fraction of sp³-hybridized carbons (Fsp3) is 0.650. The Morgan fingerprint density at radius 3 is 2.37 bits per heavy atom. The molecular formula is C20H28N2O4S. The van der Waals surface area contributed by atoms with Crippen molar-refractivity contribution in [2.45, 2.75) is 37.0 Å². The zero-order valence-electron chi connectivity index (χ0n) is 15.7. The van der Waals surface area contributed by atoms with Gasteiger partial charge in [-0.05, 0) is 30.4 Å². The van der Waals surface area contributed by atoms with Crippen molar-refractivity contribution in [1.82, 2.24) is 9.21 Å². The summed E-state index contributed by atoms with van der Waals surface area (Å²) < 4.78 is 33.3. The van der Waals surface area contributed by atoms with Crippen LogP contribution in [0.1, 0.15) is 32.1 Å². The van der Waals surface area contributed by atoms with Crippen LogP contribution in [0, 0.1) is 11.3 Å². The summed E-state index contributed by atoms with van der Waals surface area (Å²) in [5, 5.41) is 0. The maximum Gasteiger partial charge on any atom is 0.243 e. The highest BCUT2D eigenvalue weighted by Gasteiger charge is 2.53. The van der Waals surface area contributed by atoms with Gasteiger partial charge in [0, 0.05) is 26.2 Å². The minimum atomic E-state index is -3.57. The van der Waals surface area contributed by atoms with Gasteiger partial charge in [0.05, 0.1) is 24.0 Å². The molecule has 1 saturated carbocycles. The quantitative estimate of drug-likeness (QED) is 0.790. The largest absolute Gasteiger partial charge is 0.378 e. The van der Waals surface area contributed by atoms with Gasteiger partial charge < -0.3 is 9.64 Å². The van der Waals surface area contributed by atoms with Gasteiger partial charge in [0.25, 0.3) is 0 Å². The number of rotatable bonds is 3. The van der Waals surface area contributed by atoms with Crippen LogP contribution in [0.2, 0.25) is 0 Å². The smallest absolute Gasteiger partial charge is 0.243 e. The van der Waals surface area contributed by atoms with E-state index in [1.165, 1.54) is 6.42 Å². The van der Waals surface area contributed by atoms with Gasteiger partial charge in [-0.15, -0.1) is 0 Å². The molecule has 2 heterocycles. The van der Waals surface area contributed by atoms with E-state index in [-0.39, 0.29) is 17.2 Å². The highest BCUT2D eigenvalue weighted by molar-refractivity contribution is 7.89. The van der Waals surface area contributed by atoms with Gasteiger partial charge in [-0.1, -0.05) is 37.5 Å². The summed E-state index contributed by atoms with van der Waals surface area (Å²) in [5.41, 5.74) is -0.213. The molecule has 0 radical (unpaired) electrons. The molecule has 2 aliphatic heterocycles. The van der Waals surface area contributed by atoms with Gasteiger partial charge in [-0.2, -0.15) is 4.31 Å². The summed E-state index contributed by atoms with van der Waals surface area (Å²) in [5.74, 6) is -0.125. The molecule has 27 heavy (non-hydrogen) atoms. The zero-order valence-corrected chi connectivity index (χ0v) is 16.5. The van der Waals surface area contributed by atoms with Crippen LogP contribution < -0.4 is 0 Å². The first-order valence-electron chi connectivity index (χ1n) is 9.95. The van der Waals surface area contributed by atoms with Crippen molar-refractivity contribution in [3.05, 3.63) is 30.3 Å². The van der Waals surface area contributed by atoms with E-state index in [4.69, 9.17) is 4.74 Å². The van der Waals surface area contributed by atoms with E-state index in [2.05, 4.69) is 0 Å². The minimum Gasteiger partial charge on any atom is -0.378 e. The number of morpholine rings is 1. The maximum absolute atomic E-state index is 13.3. The summed E-state index contributed by atoms with van der Waals surface area (Å²) in [6.45, 7) is 3.11. The Labute approximate surface area is 161 Å². The lowest BCUT2D eigenvalue weighted by Gasteiger charge is -2.40. The van der Waals surface area contributed by atoms with E-state index < -0.39 is 10.0 Å². The predicted molar refractivity (Wildman–Crippen MR) is 102 cm³/mol. The van der Waals surface area contributed by atoms with Crippen molar-refractivity contribution in [2.24, 2.45) is 11.3 Å². The Bertz CT molecular complexity index is 768. The minimum absolute atomic E-state index is 0.117. The first-order chi connectivity index (χ1) is 13.0. The molecule has 7 heteroatoms. The molecule has 0 aromatic heterocycles. The van der Waals surface area contributed by atoms with E-state index in [1.807, 2.05) is 11.0 Å². The van der Waals surface area contributed by atoms with Crippen molar-refractivity contribution >= 4 is 15.9 Å². The van der Waals surface area contributed by atoms with Gasteiger partial charge in [0.2, 0.25) is 15.9 Å². The number of benzene rings is 1. The molecule has 0 bridgehead atoms. The number of amides is 1. The molecule has 1 spiro atoms. The predicted octanol–water partition coefficient (Wildman–Crippen LogP) is 2.12. The molecule has 3 aliphatic rings. The maximum atomic E-state index is 13.3. The van der Waals surface area contributed by atoms with Crippen LogP contribution in [0.4, 0.5) is 0 Å². The molecule has 1 aromatic rings. The highest BCUT2D eigenvalue weighted by atomic mass is 32.2. The summed E-state index contributed by atoms with van der Waals surface area (Å²) in [6.07, 6.45) is 5.20. The fourth-order valence-corrected chi connectivity index (χ4v) is 6.53. The van der Waals surface area contributed by atoms with E-state index in [9.17, 15) is 13.2 Å². The molecular weight excluding hydrogens is 364 g/mol. The Hall–Kier alpha value is -1.44. The molecule has 1 amide bonds. The van der Waals surface area contributed by atoms with Crippen LogP contribution in [0.5, 0.6) is 0 Å². The SMILES string of the molecule is O=C(C1CN(S(=O)(=O)c2ccccc2)CC12CCCCC2)N1CCOCC1. The van der Waals surface area contributed by atoms with Gasteiger partial charge in [-0.25, -0.2) is 8.42 Å². The highest BCUT2D eigenvalue weighted by Crippen LogP contribution is 2.49. The lowest BCUT2D eigenvalue weighted by Crippen LogP contribution is -2.48. The second kappa shape index (κ2) is 7.53. The molecule has 148 valence electrons. The normalized spacial score (nSPS) is 26.4. The monoisotopic (exact) mass is 392 g/mol. The number of hydrogen-bond acceptors (Lipinski definition) is 4. The molecule has 1 unspecified atom stereocenters. The second-order valence-corrected chi connectivity index (χ2v) is 9.96. The first-order valence-corrected chi connectivity index (χ1v) is 11.4. The number of nitrogens with zero attached hydrogens (tertiary/aromatic N) is 2. The van der Waals surface area contributed by atoms with Crippen LogP contribution >= 0.6 is 0 Å². The third-order valence-electron chi connectivity index (χ3n) is 6.47. The number of carbonyl (C=O) groups is 1. The Morgan fingerprint density at radius 1 is 1.04 bits per heavy atom. The van der Waals surface area contributed by atoms with Crippen molar-refractivity contribution < 1.29 is 17.9 Å². The number of ether oxygens (including phenoxy) is 1. The topological polar surface area (TPSA) is 66.9 Å². The summed E-state index contributed by atoms with van der Waals surface area (Å²) in [4.78, 5) is 15.5. The van der Waals surface area contributed by atoms with Crippen molar-refractivity contribution in [1.29, 1.82) is 0 Å². The number of hydrogen-bond donors (Lipinski definition) is 0. The molecule has 4 rings (SSSR count). The Kier molecular flexibility index (Phi) is 5.27. The molecule has 6 nitrogen and oxygen atoms in total. The molecule has 3 fully saturated rings. The van der Waals surface area contributed by atoms with E-state index in [0.29, 0.717) is 44.3 Å². The number of carbonyl (C=O) groups excluding carboxylic acids is 1. The zero-order chi connectivity index (χ0) is 18.9. The Morgan fingerprint density at radius 2 is 1.70 bits per heavy atom. The Balaban J connectivity index is 1.62. The average Bonchev–Trinajstić information content (AvgIpc) is 3.08. The summed E-state index contributed by atoms with van der Waals surface area (Å²) in [7, 11) is -3.57. The van der Waals surface area contributed by atoms with E-state index in [1.54, 1.807) is 28.6 Å². The summed E-state index contributed by atoms with van der Waals surface area (Å²) >= 11 is 0. The van der Waals surface area contributed by atoms with Gasteiger partial charge in [0.1, 0.15) is 0 Å². The summed E-state index contributed by atoms with van der Waals surface area (Å²) in [6, 6.07) is 8.59. The van der Waals surface area contributed by atoms with Gasteiger partial charge >= 0.3 is 0 Å². The van der Waals surface area contributed by atoms with Crippen molar-refractivity contribution in [2.75, 3.05) is 39.4 Å². The van der Waals surface area contributed by atoms with Crippen LogP contribution in [-0.4, -0.2) is 62.9 Å². The van der Waals surface area contributed by atoms with Crippen molar-refractivity contribution in [3.63, 3.8) is 0 Å². The van der Waals surface area contributed by atoms with Crippen LogP contribution in [0.3, 0.4) is 0 Å². The third kappa shape index (κ3) is 3.52. The second-order valence-electron chi connectivity index (χ2n) is 8.02. The average molecular weight is 393 g/mol. The van der Waals surface area contributed by atoms with E-state index in [0.717, 1.165) is 25.7 Å². The van der Waals surface area contributed by atoms with Crippen LogP contribution in [0.25, 0.3) is 0 Å². The lowest BCUT2D eigenvalue weighted by atomic mass is 9.67.